The Kier molecular flexibility index (Phi) is 6.60. The van der Waals surface area contributed by atoms with Crippen molar-refractivity contribution in [3.05, 3.63) is 66.0 Å². The number of pyridine rings is 1. The molecule has 1 N–H and O–H groups in total. The van der Waals surface area contributed by atoms with Crippen LogP contribution in [0.25, 0.3) is 0 Å². The summed E-state index contributed by atoms with van der Waals surface area (Å²) in [7, 11) is 0. The second-order valence-corrected chi connectivity index (χ2v) is 8.17. The van der Waals surface area contributed by atoms with Gasteiger partial charge in [-0.3, -0.25) is 19.4 Å². The van der Waals surface area contributed by atoms with E-state index in [4.69, 9.17) is 0 Å². The van der Waals surface area contributed by atoms with Crippen LogP contribution in [0.4, 0.5) is 0 Å². The highest BCUT2D eigenvalue weighted by molar-refractivity contribution is 5.94. The summed E-state index contributed by atoms with van der Waals surface area (Å²) in [6.07, 6.45) is 6.90. The van der Waals surface area contributed by atoms with Crippen LogP contribution in [0.1, 0.15) is 54.1 Å². The molecule has 2 aliphatic rings. The molecule has 0 bridgehead atoms. The molecule has 7 heteroatoms. The summed E-state index contributed by atoms with van der Waals surface area (Å²) in [6, 6.07) is 12.3. The first-order valence-corrected chi connectivity index (χ1v) is 11.0. The number of likely N-dealkylation sites (tertiary alicyclic amines) is 2. The fourth-order valence-corrected chi connectivity index (χ4v) is 4.39. The molecule has 1 aromatic carbocycles. The van der Waals surface area contributed by atoms with Crippen LogP contribution in [0.3, 0.4) is 0 Å². The highest BCUT2D eigenvalue weighted by atomic mass is 16.2. The minimum absolute atomic E-state index is 0.00625. The van der Waals surface area contributed by atoms with Gasteiger partial charge >= 0.3 is 0 Å². The van der Waals surface area contributed by atoms with Gasteiger partial charge in [-0.1, -0.05) is 30.3 Å². The average molecular weight is 421 g/mol. The molecule has 3 heterocycles. The second-order valence-electron chi connectivity index (χ2n) is 8.17. The molecular formula is C24H28N4O3. The van der Waals surface area contributed by atoms with Crippen molar-refractivity contribution in [3.8, 4) is 0 Å². The lowest BCUT2D eigenvalue weighted by Crippen LogP contribution is -2.51. The Balaban J connectivity index is 1.40. The number of hydrogen-bond acceptors (Lipinski definition) is 4. The van der Waals surface area contributed by atoms with Gasteiger partial charge in [0.2, 0.25) is 11.8 Å². The predicted octanol–water partition coefficient (Wildman–Crippen LogP) is 2.56. The Morgan fingerprint density at radius 2 is 1.68 bits per heavy atom. The van der Waals surface area contributed by atoms with Crippen LogP contribution in [0, 0.1) is 0 Å². The molecule has 2 fully saturated rings. The van der Waals surface area contributed by atoms with E-state index in [9.17, 15) is 14.4 Å². The molecule has 2 aromatic rings. The quantitative estimate of drug-likeness (QED) is 0.806. The standard InChI is InChI=1S/C24H28N4O3/c29-21-8-4-5-15-28(21)22(18-6-2-1-3-7-18)23(30)26-20-11-16-27(17-12-20)24(31)19-9-13-25-14-10-19/h1-3,6-7,9-10,13-14,20,22H,4-5,8,11-12,15-17H2,(H,26,30). The van der Waals surface area contributed by atoms with Crippen LogP contribution in [0.2, 0.25) is 0 Å². The Labute approximate surface area is 182 Å². The van der Waals surface area contributed by atoms with Crippen LogP contribution in [-0.4, -0.2) is 58.2 Å². The van der Waals surface area contributed by atoms with E-state index >= 15 is 0 Å². The Hall–Kier alpha value is -3.22. The van der Waals surface area contributed by atoms with Gasteiger partial charge in [-0.25, -0.2) is 0 Å². The summed E-state index contributed by atoms with van der Waals surface area (Å²) in [6.45, 7) is 1.78. The van der Waals surface area contributed by atoms with Crippen LogP contribution in [-0.2, 0) is 9.59 Å². The van der Waals surface area contributed by atoms with Crippen molar-refractivity contribution >= 4 is 17.7 Å². The third-order valence-corrected chi connectivity index (χ3v) is 6.09. The van der Waals surface area contributed by atoms with Crippen LogP contribution >= 0.6 is 0 Å². The van der Waals surface area contributed by atoms with Crippen molar-refractivity contribution < 1.29 is 14.4 Å². The van der Waals surface area contributed by atoms with E-state index in [1.54, 1.807) is 29.4 Å². The number of nitrogens with one attached hydrogen (secondary N) is 1. The molecule has 1 aromatic heterocycles. The molecule has 1 atom stereocenters. The molecule has 0 spiro atoms. The van der Waals surface area contributed by atoms with Crippen LogP contribution in [0.15, 0.2) is 54.9 Å². The lowest BCUT2D eigenvalue weighted by Gasteiger charge is -2.37. The monoisotopic (exact) mass is 420 g/mol. The summed E-state index contributed by atoms with van der Waals surface area (Å²) in [5.41, 5.74) is 1.46. The fourth-order valence-electron chi connectivity index (χ4n) is 4.39. The van der Waals surface area contributed by atoms with E-state index in [0.29, 0.717) is 44.5 Å². The van der Waals surface area contributed by atoms with E-state index in [2.05, 4.69) is 10.3 Å². The SMILES string of the molecule is O=C(NC1CCN(C(=O)c2ccncc2)CC1)C(c1ccccc1)N1CCCCC1=O. The maximum absolute atomic E-state index is 13.3. The molecule has 0 saturated carbocycles. The van der Waals surface area contributed by atoms with Gasteiger partial charge in [-0.2, -0.15) is 0 Å². The van der Waals surface area contributed by atoms with Gasteiger partial charge in [-0.15, -0.1) is 0 Å². The molecule has 31 heavy (non-hydrogen) atoms. The van der Waals surface area contributed by atoms with Crippen molar-refractivity contribution in [2.75, 3.05) is 19.6 Å². The number of hydrogen-bond donors (Lipinski definition) is 1. The molecule has 2 aliphatic heterocycles. The second kappa shape index (κ2) is 9.73. The van der Waals surface area contributed by atoms with Gasteiger partial charge in [0.25, 0.3) is 5.91 Å². The first-order chi connectivity index (χ1) is 15.1. The number of benzene rings is 1. The normalized spacial score (nSPS) is 18.5. The summed E-state index contributed by atoms with van der Waals surface area (Å²) in [4.78, 5) is 46.0. The largest absolute Gasteiger partial charge is 0.351 e. The van der Waals surface area contributed by atoms with Crippen LogP contribution in [0.5, 0.6) is 0 Å². The minimum Gasteiger partial charge on any atom is -0.351 e. The number of carbonyl (C=O) groups is 3. The van der Waals surface area contributed by atoms with Crippen molar-refractivity contribution in [1.29, 1.82) is 0 Å². The van der Waals surface area contributed by atoms with Crippen molar-refractivity contribution in [1.82, 2.24) is 20.1 Å². The third kappa shape index (κ3) is 4.93. The molecule has 3 amide bonds. The number of rotatable bonds is 5. The summed E-state index contributed by atoms with van der Waals surface area (Å²) < 4.78 is 0. The zero-order valence-corrected chi connectivity index (χ0v) is 17.6. The number of nitrogens with zero attached hydrogens (tertiary/aromatic N) is 3. The number of piperidine rings is 2. The van der Waals surface area contributed by atoms with Gasteiger partial charge in [0.15, 0.2) is 0 Å². The number of aromatic nitrogens is 1. The third-order valence-electron chi connectivity index (χ3n) is 6.09. The average Bonchev–Trinajstić information content (AvgIpc) is 2.82. The highest BCUT2D eigenvalue weighted by Gasteiger charge is 2.34. The lowest BCUT2D eigenvalue weighted by atomic mass is 9.98. The van der Waals surface area contributed by atoms with Crippen molar-refractivity contribution in [3.63, 3.8) is 0 Å². The van der Waals surface area contributed by atoms with Crippen molar-refractivity contribution in [2.24, 2.45) is 0 Å². The predicted molar refractivity (Wildman–Crippen MR) is 116 cm³/mol. The van der Waals surface area contributed by atoms with Gasteiger partial charge in [0.1, 0.15) is 6.04 Å². The van der Waals surface area contributed by atoms with E-state index < -0.39 is 6.04 Å². The Morgan fingerprint density at radius 1 is 0.968 bits per heavy atom. The maximum Gasteiger partial charge on any atom is 0.253 e. The van der Waals surface area contributed by atoms with Gasteiger partial charge in [0, 0.05) is 50.1 Å². The van der Waals surface area contributed by atoms with E-state index in [1.807, 2.05) is 35.2 Å². The smallest absolute Gasteiger partial charge is 0.253 e. The molecule has 162 valence electrons. The molecule has 2 saturated heterocycles. The first-order valence-electron chi connectivity index (χ1n) is 11.0. The van der Waals surface area contributed by atoms with Gasteiger partial charge in [-0.05, 0) is 43.4 Å². The lowest BCUT2D eigenvalue weighted by molar-refractivity contribution is -0.143. The molecule has 4 rings (SSSR count). The van der Waals surface area contributed by atoms with E-state index in [0.717, 1.165) is 18.4 Å². The number of amides is 3. The van der Waals surface area contributed by atoms with Crippen LogP contribution < -0.4 is 5.32 Å². The van der Waals surface area contributed by atoms with Gasteiger partial charge < -0.3 is 15.1 Å². The molecule has 0 aliphatic carbocycles. The minimum atomic E-state index is -0.606. The molecule has 0 radical (unpaired) electrons. The van der Waals surface area contributed by atoms with Crippen molar-refractivity contribution in [2.45, 2.75) is 44.2 Å². The Bertz CT molecular complexity index is 911. The van der Waals surface area contributed by atoms with Gasteiger partial charge in [0.05, 0.1) is 0 Å². The molecule has 1 unspecified atom stereocenters. The maximum atomic E-state index is 13.3. The Morgan fingerprint density at radius 3 is 2.35 bits per heavy atom. The van der Waals surface area contributed by atoms with E-state index in [-0.39, 0.29) is 23.8 Å². The molecule has 7 nitrogen and oxygen atoms in total. The zero-order valence-electron chi connectivity index (χ0n) is 17.6. The fraction of sp³-hybridized carbons (Fsp3) is 0.417. The molecular weight excluding hydrogens is 392 g/mol. The summed E-state index contributed by atoms with van der Waals surface area (Å²) >= 11 is 0. The van der Waals surface area contributed by atoms with E-state index in [1.165, 1.54) is 0 Å². The topological polar surface area (TPSA) is 82.6 Å². The summed E-state index contributed by atoms with van der Waals surface area (Å²) in [5.74, 6) is -0.110. The highest BCUT2D eigenvalue weighted by Crippen LogP contribution is 2.26. The summed E-state index contributed by atoms with van der Waals surface area (Å²) in [5, 5.41) is 3.15. The number of carbonyl (C=O) groups excluding carboxylic acids is 3. The first kappa shape index (κ1) is 21.0. The zero-order chi connectivity index (χ0) is 21.6.